The second-order valence-electron chi connectivity index (χ2n) is 6.89. The molecule has 0 bridgehead atoms. The molecule has 1 atom stereocenters. The normalized spacial score (nSPS) is 19.6. The molecule has 2 aromatic heterocycles. The van der Waals surface area contributed by atoms with Crippen molar-refractivity contribution in [3.05, 3.63) is 36.3 Å². The number of nitrogens with one attached hydrogen (secondary N) is 1. The summed E-state index contributed by atoms with van der Waals surface area (Å²) in [4.78, 5) is 10.1. The number of benzene rings is 1. The molecule has 0 spiro atoms. The third kappa shape index (κ3) is 3.14. The van der Waals surface area contributed by atoms with Gasteiger partial charge in [-0.05, 0) is 26.5 Å². The van der Waals surface area contributed by atoms with Crippen molar-refractivity contribution in [2.45, 2.75) is 32.5 Å². The molecule has 0 radical (unpaired) electrons. The summed E-state index contributed by atoms with van der Waals surface area (Å²) >= 11 is 0. The van der Waals surface area contributed by atoms with Crippen LogP contribution in [0.1, 0.15) is 19.2 Å². The maximum absolute atomic E-state index is 11.7. The molecular formula is C18H23N5O2S. The Morgan fingerprint density at radius 3 is 2.88 bits per heavy atom. The lowest BCUT2D eigenvalue weighted by atomic mass is 10.2. The van der Waals surface area contributed by atoms with Gasteiger partial charge in [0.1, 0.15) is 5.82 Å². The maximum atomic E-state index is 11.7. The maximum Gasteiger partial charge on any atom is 0.183 e. The second-order valence-corrected chi connectivity index (χ2v) is 9.12. The van der Waals surface area contributed by atoms with Gasteiger partial charge in [0.05, 0.1) is 18.1 Å². The first-order valence-corrected chi connectivity index (χ1v) is 10.7. The van der Waals surface area contributed by atoms with Crippen LogP contribution in [0, 0.1) is 0 Å². The predicted molar refractivity (Wildman–Crippen MR) is 102 cm³/mol. The summed E-state index contributed by atoms with van der Waals surface area (Å²) in [6, 6.07) is 8.15. The lowest BCUT2D eigenvalue weighted by Gasteiger charge is -2.22. The topological polar surface area (TPSA) is 83.9 Å². The molecule has 3 heterocycles. The summed E-state index contributed by atoms with van der Waals surface area (Å²) < 4.78 is 25.4. The average molecular weight is 373 g/mol. The number of hydrogen-bond acceptors (Lipinski definition) is 5. The van der Waals surface area contributed by atoms with Crippen molar-refractivity contribution in [2.24, 2.45) is 0 Å². The quantitative estimate of drug-likeness (QED) is 0.740. The van der Waals surface area contributed by atoms with Gasteiger partial charge in [-0.3, -0.25) is 4.90 Å². The highest BCUT2D eigenvalue weighted by molar-refractivity contribution is 7.91. The van der Waals surface area contributed by atoms with E-state index in [4.69, 9.17) is 4.98 Å². The molecule has 4 rings (SSSR count). The zero-order valence-corrected chi connectivity index (χ0v) is 15.8. The van der Waals surface area contributed by atoms with Crippen LogP contribution in [0.3, 0.4) is 0 Å². The largest absolute Gasteiger partial charge is 0.360 e. The van der Waals surface area contributed by atoms with Crippen molar-refractivity contribution in [1.82, 2.24) is 24.6 Å². The molecule has 1 N–H and O–H groups in total. The van der Waals surface area contributed by atoms with Gasteiger partial charge in [0.15, 0.2) is 15.7 Å². The fourth-order valence-electron chi connectivity index (χ4n) is 3.59. The number of para-hydroxylation sites is 1. The molecule has 138 valence electrons. The Morgan fingerprint density at radius 2 is 2.15 bits per heavy atom. The highest BCUT2D eigenvalue weighted by Crippen LogP contribution is 2.27. The molecule has 1 fully saturated rings. The van der Waals surface area contributed by atoms with E-state index >= 15 is 0 Å². The van der Waals surface area contributed by atoms with Gasteiger partial charge in [0.2, 0.25) is 0 Å². The number of hydrogen-bond donors (Lipinski definition) is 1. The molecule has 1 aromatic carbocycles. The Labute approximate surface area is 153 Å². The van der Waals surface area contributed by atoms with Crippen LogP contribution < -0.4 is 0 Å². The summed E-state index contributed by atoms with van der Waals surface area (Å²) in [5, 5.41) is 5.77. The first kappa shape index (κ1) is 17.2. The van der Waals surface area contributed by atoms with Crippen LogP contribution in [0.15, 0.2) is 30.5 Å². The summed E-state index contributed by atoms with van der Waals surface area (Å²) in [6.07, 6.45) is 2.63. The van der Waals surface area contributed by atoms with E-state index in [1.807, 2.05) is 43.0 Å². The zero-order valence-electron chi connectivity index (χ0n) is 15.0. The van der Waals surface area contributed by atoms with Crippen molar-refractivity contribution in [2.75, 3.05) is 18.6 Å². The molecule has 0 aliphatic carbocycles. The number of aromatic amines is 1. The van der Waals surface area contributed by atoms with Gasteiger partial charge in [-0.2, -0.15) is 5.10 Å². The minimum Gasteiger partial charge on any atom is -0.360 e. The fourth-order valence-corrected chi connectivity index (χ4v) is 5.40. The summed E-state index contributed by atoms with van der Waals surface area (Å²) in [5.41, 5.74) is 2.05. The van der Waals surface area contributed by atoms with Crippen LogP contribution in [0.25, 0.3) is 22.3 Å². The van der Waals surface area contributed by atoms with Gasteiger partial charge < -0.3 is 4.98 Å². The standard InChI is InChI=1S/C18H23N5O2S/c1-3-23-17(11-22(2)13-8-9-26(24,25)12-13)20-18(21-23)15-10-19-16-7-5-4-6-14(15)16/h4-7,10,13,19H,3,8-9,11-12H2,1-2H3. The second kappa shape index (κ2) is 6.51. The number of aromatic nitrogens is 4. The molecule has 1 aliphatic heterocycles. The highest BCUT2D eigenvalue weighted by Gasteiger charge is 2.31. The van der Waals surface area contributed by atoms with Gasteiger partial charge in [-0.1, -0.05) is 18.2 Å². The van der Waals surface area contributed by atoms with Crippen LogP contribution in [0.2, 0.25) is 0 Å². The first-order valence-electron chi connectivity index (χ1n) is 8.87. The Hall–Kier alpha value is -2.19. The van der Waals surface area contributed by atoms with Gasteiger partial charge in [0, 0.05) is 35.2 Å². The molecule has 0 saturated carbocycles. The Morgan fingerprint density at radius 1 is 1.35 bits per heavy atom. The van der Waals surface area contributed by atoms with Crippen molar-refractivity contribution >= 4 is 20.7 Å². The minimum atomic E-state index is -2.89. The van der Waals surface area contributed by atoms with E-state index in [0.717, 1.165) is 28.8 Å². The number of nitrogens with zero attached hydrogens (tertiary/aromatic N) is 4. The summed E-state index contributed by atoms with van der Waals surface area (Å²) in [5.74, 6) is 2.08. The number of H-pyrrole nitrogens is 1. The number of sulfone groups is 1. The van der Waals surface area contributed by atoms with E-state index in [1.54, 1.807) is 0 Å². The van der Waals surface area contributed by atoms with E-state index in [9.17, 15) is 8.42 Å². The summed E-state index contributed by atoms with van der Waals surface area (Å²) in [7, 11) is -0.928. The molecule has 8 heteroatoms. The number of aryl methyl sites for hydroxylation is 1. The van der Waals surface area contributed by atoms with Crippen molar-refractivity contribution in [3.63, 3.8) is 0 Å². The molecule has 1 unspecified atom stereocenters. The molecule has 1 saturated heterocycles. The lowest BCUT2D eigenvalue weighted by molar-refractivity contribution is 0.243. The average Bonchev–Trinajstić information content (AvgIpc) is 3.30. The highest BCUT2D eigenvalue weighted by atomic mass is 32.2. The van der Waals surface area contributed by atoms with E-state index in [0.29, 0.717) is 18.8 Å². The minimum absolute atomic E-state index is 0.0542. The third-order valence-electron chi connectivity index (χ3n) is 5.10. The summed E-state index contributed by atoms with van der Waals surface area (Å²) in [6.45, 7) is 3.35. The molecular weight excluding hydrogens is 350 g/mol. The monoisotopic (exact) mass is 373 g/mol. The van der Waals surface area contributed by atoms with Gasteiger partial charge in [-0.25, -0.2) is 18.1 Å². The van der Waals surface area contributed by atoms with Crippen LogP contribution in [-0.2, 0) is 22.9 Å². The third-order valence-corrected chi connectivity index (χ3v) is 6.85. The Balaban J connectivity index is 1.62. The smallest absolute Gasteiger partial charge is 0.183 e. The van der Waals surface area contributed by atoms with E-state index in [-0.39, 0.29) is 17.5 Å². The number of rotatable bonds is 5. The molecule has 0 amide bonds. The SMILES string of the molecule is CCn1nc(-c2c[nH]c3ccccc23)nc1CN(C)C1CCS(=O)(=O)C1. The zero-order chi connectivity index (χ0) is 18.3. The van der Waals surface area contributed by atoms with Crippen LogP contribution in [0.4, 0.5) is 0 Å². The number of fused-ring (bicyclic) bond motifs is 1. The van der Waals surface area contributed by atoms with Crippen LogP contribution in [0.5, 0.6) is 0 Å². The van der Waals surface area contributed by atoms with Crippen LogP contribution in [-0.4, -0.2) is 57.7 Å². The van der Waals surface area contributed by atoms with Gasteiger partial charge in [-0.15, -0.1) is 0 Å². The Bertz CT molecular complexity index is 1040. The van der Waals surface area contributed by atoms with Gasteiger partial charge in [0.25, 0.3) is 0 Å². The molecule has 1 aliphatic rings. The molecule has 26 heavy (non-hydrogen) atoms. The van der Waals surface area contributed by atoms with E-state index in [2.05, 4.69) is 21.0 Å². The molecule has 3 aromatic rings. The van der Waals surface area contributed by atoms with Crippen LogP contribution >= 0.6 is 0 Å². The van der Waals surface area contributed by atoms with Crippen molar-refractivity contribution < 1.29 is 8.42 Å². The predicted octanol–water partition coefficient (Wildman–Crippen LogP) is 2.07. The first-order chi connectivity index (χ1) is 12.5. The molecule has 7 nitrogen and oxygen atoms in total. The van der Waals surface area contributed by atoms with Gasteiger partial charge >= 0.3 is 0 Å². The van der Waals surface area contributed by atoms with E-state index < -0.39 is 9.84 Å². The van der Waals surface area contributed by atoms with Crippen molar-refractivity contribution in [1.29, 1.82) is 0 Å². The fraction of sp³-hybridized carbons (Fsp3) is 0.444. The van der Waals surface area contributed by atoms with E-state index in [1.165, 1.54) is 0 Å². The lowest BCUT2D eigenvalue weighted by Crippen LogP contribution is -2.33. The van der Waals surface area contributed by atoms with Crippen molar-refractivity contribution in [3.8, 4) is 11.4 Å². The Kier molecular flexibility index (Phi) is 4.32.